The molecule has 1 rings (SSSR count). The number of carbonyl (C=O) groups excluding carboxylic acids is 1. The van der Waals surface area contributed by atoms with Crippen molar-refractivity contribution in [1.29, 1.82) is 0 Å². The second kappa shape index (κ2) is 8.56. The lowest BCUT2D eigenvalue weighted by Gasteiger charge is -2.18. The summed E-state index contributed by atoms with van der Waals surface area (Å²) in [7, 11) is 1.59. The lowest BCUT2D eigenvalue weighted by molar-refractivity contribution is 0.0791. The molecule has 6 heteroatoms. The highest BCUT2D eigenvalue weighted by Crippen LogP contribution is 2.21. The Morgan fingerprint density at radius 3 is 2.38 bits per heavy atom. The zero-order valence-corrected chi connectivity index (χ0v) is 12.5. The number of carbonyl (C=O) groups is 1. The van der Waals surface area contributed by atoms with E-state index in [1.807, 2.05) is 0 Å². The highest BCUT2D eigenvalue weighted by Gasteiger charge is 2.17. The van der Waals surface area contributed by atoms with E-state index < -0.39 is 17.5 Å². The number of benzene rings is 1. The molecule has 118 valence electrons. The van der Waals surface area contributed by atoms with E-state index in [1.165, 1.54) is 4.90 Å². The monoisotopic (exact) mass is 300 g/mol. The van der Waals surface area contributed by atoms with Gasteiger partial charge in [-0.25, -0.2) is 8.78 Å². The Labute approximate surface area is 123 Å². The summed E-state index contributed by atoms with van der Waals surface area (Å²) in [6.45, 7) is 2.74. The molecule has 1 aromatic carbocycles. The van der Waals surface area contributed by atoms with Crippen LogP contribution in [0.5, 0.6) is 0 Å². The fraction of sp³-hybridized carbons (Fsp3) is 0.533. The van der Waals surface area contributed by atoms with Crippen LogP contribution in [-0.2, 0) is 0 Å². The molecule has 0 aromatic heterocycles. The number of hydrogen-bond acceptors (Lipinski definition) is 3. The molecule has 1 amide bonds. The standard InChI is InChI=1S/C15H22F2N2O2/c1-3-18-14-12(16)9-11(10-13(14)17)15(21)19(2)7-5-4-6-8-20/h9-10,18,20H,3-8H2,1-2H3. The van der Waals surface area contributed by atoms with Gasteiger partial charge in [0.2, 0.25) is 0 Å². The van der Waals surface area contributed by atoms with Gasteiger partial charge in [0.05, 0.1) is 0 Å². The average Bonchev–Trinajstić information content (AvgIpc) is 2.46. The zero-order valence-electron chi connectivity index (χ0n) is 12.5. The van der Waals surface area contributed by atoms with Gasteiger partial charge in [-0.1, -0.05) is 0 Å². The first kappa shape index (κ1) is 17.4. The van der Waals surface area contributed by atoms with Crippen molar-refractivity contribution in [1.82, 2.24) is 4.90 Å². The highest BCUT2D eigenvalue weighted by molar-refractivity contribution is 5.94. The van der Waals surface area contributed by atoms with Gasteiger partial charge in [-0.2, -0.15) is 0 Å². The van der Waals surface area contributed by atoms with E-state index in [1.54, 1.807) is 14.0 Å². The van der Waals surface area contributed by atoms with E-state index in [0.29, 0.717) is 19.5 Å². The summed E-state index contributed by atoms with van der Waals surface area (Å²) in [5.41, 5.74) is -0.212. The maximum Gasteiger partial charge on any atom is 0.253 e. The molecule has 0 bridgehead atoms. The number of halogens is 2. The Hall–Kier alpha value is -1.69. The van der Waals surface area contributed by atoms with Crippen LogP contribution in [0.15, 0.2) is 12.1 Å². The predicted molar refractivity (Wildman–Crippen MR) is 78.4 cm³/mol. The molecule has 0 radical (unpaired) electrons. The van der Waals surface area contributed by atoms with Crippen LogP contribution in [0.4, 0.5) is 14.5 Å². The normalized spacial score (nSPS) is 10.5. The summed E-state index contributed by atoms with van der Waals surface area (Å²) in [6, 6.07) is 2.10. The van der Waals surface area contributed by atoms with Gasteiger partial charge in [-0.05, 0) is 38.3 Å². The van der Waals surface area contributed by atoms with Crippen molar-refractivity contribution >= 4 is 11.6 Å². The average molecular weight is 300 g/mol. The number of aliphatic hydroxyl groups is 1. The van der Waals surface area contributed by atoms with Crippen LogP contribution in [0.3, 0.4) is 0 Å². The zero-order chi connectivity index (χ0) is 15.8. The van der Waals surface area contributed by atoms with E-state index in [2.05, 4.69) is 5.32 Å². The number of nitrogens with one attached hydrogen (secondary N) is 1. The molecule has 21 heavy (non-hydrogen) atoms. The van der Waals surface area contributed by atoms with E-state index >= 15 is 0 Å². The summed E-state index contributed by atoms with van der Waals surface area (Å²) >= 11 is 0. The topological polar surface area (TPSA) is 52.6 Å². The summed E-state index contributed by atoms with van der Waals surface area (Å²) in [5.74, 6) is -1.96. The van der Waals surface area contributed by atoms with Gasteiger partial charge in [-0.3, -0.25) is 4.79 Å². The minimum Gasteiger partial charge on any atom is -0.396 e. The van der Waals surface area contributed by atoms with Crippen LogP contribution in [0, 0.1) is 11.6 Å². The molecule has 0 saturated heterocycles. The molecule has 0 heterocycles. The fourth-order valence-electron chi connectivity index (χ4n) is 2.00. The van der Waals surface area contributed by atoms with Gasteiger partial charge in [0, 0.05) is 32.3 Å². The van der Waals surface area contributed by atoms with Crippen molar-refractivity contribution in [3.8, 4) is 0 Å². The Morgan fingerprint density at radius 2 is 1.86 bits per heavy atom. The van der Waals surface area contributed by atoms with E-state index in [9.17, 15) is 13.6 Å². The molecule has 0 atom stereocenters. The summed E-state index contributed by atoms with van der Waals surface area (Å²) < 4.78 is 27.5. The van der Waals surface area contributed by atoms with Crippen LogP contribution >= 0.6 is 0 Å². The number of aliphatic hydroxyl groups excluding tert-OH is 1. The van der Waals surface area contributed by atoms with Gasteiger partial charge in [-0.15, -0.1) is 0 Å². The van der Waals surface area contributed by atoms with Gasteiger partial charge in [0.15, 0.2) is 0 Å². The fourth-order valence-corrected chi connectivity index (χ4v) is 2.00. The summed E-state index contributed by atoms with van der Waals surface area (Å²) in [5, 5.41) is 11.3. The Morgan fingerprint density at radius 1 is 1.24 bits per heavy atom. The number of hydrogen-bond donors (Lipinski definition) is 2. The van der Waals surface area contributed by atoms with E-state index in [0.717, 1.165) is 25.0 Å². The largest absolute Gasteiger partial charge is 0.396 e. The molecular weight excluding hydrogens is 278 g/mol. The van der Waals surface area contributed by atoms with E-state index in [-0.39, 0.29) is 17.9 Å². The molecule has 0 unspecified atom stereocenters. The van der Waals surface area contributed by atoms with Crippen molar-refractivity contribution in [2.45, 2.75) is 26.2 Å². The number of amides is 1. The lowest BCUT2D eigenvalue weighted by Crippen LogP contribution is -2.28. The van der Waals surface area contributed by atoms with Crippen molar-refractivity contribution in [3.05, 3.63) is 29.3 Å². The highest BCUT2D eigenvalue weighted by atomic mass is 19.1. The molecule has 0 spiro atoms. The van der Waals surface area contributed by atoms with Crippen LogP contribution in [0.1, 0.15) is 36.5 Å². The number of rotatable bonds is 8. The second-order valence-electron chi connectivity index (χ2n) is 4.86. The van der Waals surface area contributed by atoms with Crippen molar-refractivity contribution in [2.24, 2.45) is 0 Å². The van der Waals surface area contributed by atoms with Gasteiger partial charge >= 0.3 is 0 Å². The quantitative estimate of drug-likeness (QED) is 0.726. The van der Waals surface area contributed by atoms with Gasteiger partial charge in [0.1, 0.15) is 17.3 Å². The third kappa shape index (κ3) is 4.97. The maximum atomic E-state index is 13.8. The Balaban J connectivity index is 2.73. The van der Waals surface area contributed by atoms with E-state index in [4.69, 9.17) is 5.11 Å². The molecule has 4 nitrogen and oxygen atoms in total. The first-order valence-electron chi connectivity index (χ1n) is 7.10. The van der Waals surface area contributed by atoms with Gasteiger partial charge < -0.3 is 15.3 Å². The SMILES string of the molecule is CCNc1c(F)cc(C(=O)N(C)CCCCCO)cc1F. The van der Waals surface area contributed by atoms with Crippen LogP contribution in [0.2, 0.25) is 0 Å². The van der Waals surface area contributed by atoms with Crippen LogP contribution in [0.25, 0.3) is 0 Å². The third-order valence-corrected chi connectivity index (χ3v) is 3.14. The predicted octanol–water partition coefficient (Wildman–Crippen LogP) is 2.63. The molecule has 0 fully saturated rings. The minimum atomic E-state index is -0.770. The van der Waals surface area contributed by atoms with Crippen molar-refractivity contribution in [3.63, 3.8) is 0 Å². The first-order chi connectivity index (χ1) is 10.0. The second-order valence-corrected chi connectivity index (χ2v) is 4.86. The van der Waals surface area contributed by atoms with Crippen molar-refractivity contribution < 1.29 is 18.7 Å². The first-order valence-corrected chi connectivity index (χ1v) is 7.10. The van der Waals surface area contributed by atoms with Crippen LogP contribution in [-0.4, -0.2) is 42.7 Å². The minimum absolute atomic E-state index is 0.00342. The maximum absolute atomic E-state index is 13.8. The smallest absolute Gasteiger partial charge is 0.253 e. The summed E-state index contributed by atoms with van der Waals surface area (Å²) in [4.78, 5) is 13.5. The molecule has 0 aliphatic heterocycles. The lowest BCUT2D eigenvalue weighted by atomic mass is 10.1. The third-order valence-electron chi connectivity index (χ3n) is 3.14. The number of unbranched alkanes of at least 4 members (excludes halogenated alkanes) is 2. The summed E-state index contributed by atoms with van der Waals surface area (Å²) in [6.07, 6.45) is 2.22. The molecule has 0 saturated carbocycles. The molecular formula is C15H22F2N2O2. The van der Waals surface area contributed by atoms with Crippen LogP contribution < -0.4 is 5.32 Å². The Kier molecular flexibility index (Phi) is 7.08. The molecule has 1 aromatic rings. The molecule has 2 N–H and O–H groups in total. The van der Waals surface area contributed by atoms with Gasteiger partial charge in [0.25, 0.3) is 5.91 Å². The number of nitrogens with zero attached hydrogens (tertiary/aromatic N) is 1. The van der Waals surface area contributed by atoms with Crippen molar-refractivity contribution in [2.75, 3.05) is 32.1 Å². The molecule has 0 aliphatic rings. The molecule has 0 aliphatic carbocycles. The number of anilines is 1. The Bertz CT molecular complexity index is 458.